The first-order valence-corrected chi connectivity index (χ1v) is 9.33. The minimum absolute atomic E-state index is 0.152. The fourth-order valence-corrected chi connectivity index (χ4v) is 4.56. The number of nitrogens with two attached hydrogens (primary N) is 1. The number of nitrogen functional groups attached to an aromatic ring is 1. The van der Waals surface area contributed by atoms with Crippen LogP contribution in [0.4, 0.5) is 11.4 Å². The molecule has 0 radical (unpaired) electrons. The van der Waals surface area contributed by atoms with Crippen molar-refractivity contribution in [3.05, 3.63) is 47.0 Å². The van der Waals surface area contributed by atoms with Crippen LogP contribution in [0, 0.1) is 6.92 Å². The van der Waals surface area contributed by atoms with Gasteiger partial charge in [-0.05, 0) is 50.6 Å². The molecule has 0 unspecified atom stereocenters. The third kappa shape index (κ3) is 3.31. The van der Waals surface area contributed by atoms with Crippen molar-refractivity contribution in [3.63, 3.8) is 0 Å². The van der Waals surface area contributed by atoms with Crippen molar-refractivity contribution in [3.8, 4) is 0 Å². The Morgan fingerprint density at radius 3 is 2.35 bits per heavy atom. The second kappa shape index (κ2) is 6.81. The van der Waals surface area contributed by atoms with E-state index in [0.717, 1.165) is 13.1 Å². The van der Waals surface area contributed by atoms with Crippen LogP contribution in [0.25, 0.3) is 0 Å². The molecule has 2 aromatic rings. The number of aryl methyl sites for hydroxylation is 1. The maximum absolute atomic E-state index is 13.1. The van der Waals surface area contributed by atoms with Gasteiger partial charge in [0.15, 0.2) is 0 Å². The minimum atomic E-state index is -3.69. The molecule has 0 bridgehead atoms. The first-order chi connectivity index (χ1) is 10.8. The van der Waals surface area contributed by atoms with E-state index < -0.39 is 9.84 Å². The van der Waals surface area contributed by atoms with Crippen LogP contribution in [0.15, 0.2) is 46.2 Å². The van der Waals surface area contributed by atoms with Gasteiger partial charge in [0.2, 0.25) is 9.84 Å². The maximum atomic E-state index is 13.1. The lowest BCUT2D eigenvalue weighted by atomic mass is 10.2. The van der Waals surface area contributed by atoms with E-state index in [2.05, 4.69) is 0 Å². The number of sulfone groups is 1. The van der Waals surface area contributed by atoms with Crippen molar-refractivity contribution in [2.45, 2.75) is 30.6 Å². The fraction of sp³-hybridized carbons (Fsp3) is 0.294. The van der Waals surface area contributed by atoms with Crippen LogP contribution in [0.1, 0.15) is 19.4 Å². The van der Waals surface area contributed by atoms with Crippen LogP contribution < -0.4 is 10.6 Å². The average Bonchev–Trinajstić information content (AvgIpc) is 2.51. The highest BCUT2D eigenvalue weighted by Crippen LogP contribution is 2.34. The highest BCUT2D eigenvalue weighted by molar-refractivity contribution is 7.91. The standard InChI is InChI=1S/C17H21ClN2O2S/c1-4-20(5-2)16-8-6-7-12(3)17(16)23(21,22)13-9-10-15(19)14(18)11-13/h6-11H,4-5,19H2,1-3H3. The first-order valence-electron chi connectivity index (χ1n) is 7.47. The molecule has 2 N–H and O–H groups in total. The van der Waals surface area contributed by atoms with Gasteiger partial charge >= 0.3 is 0 Å². The fourth-order valence-electron chi connectivity index (χ4n) is 2.59. The van der Waals surface area contributed by atoms with Crippen LogP contribution in [0.2, 0.25) is 5.02 Å². The van der Waals surface area contributed by atoms with Crippen molar-refractivity contribution in [2.24, 2.45) is 0 Å². The molecule has 0 aliphatic heterocycles. The molecule has 0 aromatic heterocycles. The molecule has 23 heavy (non-hydrogen) atoms. The Morgan fingerprint density at radius 1 is 1.13 bits per heavy atom. The first kappa shape index (κ1) is 17.6. The molecule has 0 atom stereocenters. The van der Waals surface area contributed by atoms with E-state index in [9.17, 15) is 8.42 Å². The lowest BCUT2D eigenvalue weighted by Gasteiger charge is -2.25. The Morgan fingerprint density at radius 2 is 1.78 bits per heavy atom. The number of halogens is 1. The molecule has 0 aliphatic rings. The van der Waals surface area contributed by atoms with Gasteiger partial charge in [0, 0.05) is 13.1 Å². The molecule has 6 heteroatoms. The Balaban J connectivity index is 2.71. The van der Waals surface area contributed by atoms with E-state index in [-0.39, 0.29) is 9.92 Å². The number of hydrogen-bond acceptors (Lipinski definition) is 4. The molecular weight excluding hydrogens is 332 g/mol. The number of rotatable bonds is 5. The van der Waals surface area contributed by atoms with E-state index in [0.29, 0.717) is 21.8 Å². The molecule has 4 nitrogen and oxygen atoms in total. The molecule has 0 saturated heterocycles. The quantitative estimate of drug-likeness (QED) is 0.828. The molecule has 0 fully saturated rings. The molecule has 0 saturated carbocycles. The highest BCUT2D eigenvalue weighted by Gasteiger charge is 2.25. The molecule has 0 aliphatic carbocycles. The molecule has 2 rings (SSSR count). The Labute approximate surface area is 142 Å². The van der Waals surface area contributed by atoms with Gasteiger partial charge in [0.1, 0.15) is 0 Å². The van der Waals surface area contributed by atoms with Crippen LogP contribution in [-0.4, -0.2) is 21.5 Å². The van der Waals surface area contributed by atoms with Crippen molar-refractivity contribution in [1.82, 2.24) is 0 Å². The third-order valence-corrected chi connectivity index (χ3v) is 6.12. The van der Waals surface area contributed by atoms with Crippen molar-refractivity contribution in [1.29, 1.82) is 0 Å². The van der Waals surface area contributed by atoms with Crippen LogP contribution >= 0.6 is 11.6 Å². The zero-order chi connectivity index (χ0) is 17.2. The summed E-state index contributed by atoms with van der Waals surface area (Å²) in [6, 6.07) is 9.94. The topological polar surface area (TPSA) is 63.4 Å². The molecule has 0 amide bonds. The number of nitrogens with zero attached hydrogens (tertiary/aromatic N) is 1. The van der Waals surface area contributed by atoms with Crippen molar-refractivity contribution < 1.29 is 8.42 Å². The second-order valence-corrected chi connectivity index (χ2v) is 7.58. The third-order valence-electron chi connectivity index (χ3n) is 3.85. The van der Waals surface area contributed by atoms with Gasteiger partial charge in [-0.25, -0.2) is 8.42 Å². The zero-order valence-corrected chi connectivity index (χ0v) is 15.1. The molecule has 124 valence electrons. The summed E-state index contributed by atoms with van der Waals surface area (Å²) in [6.45, 7) is 7.26. The Hall–Kier alpha value is -1.72. The van der Waals surface area contributed by atoms with Gasteiger partial charge in [-0.3, -0.25) is 0 Å². The second-order valence-electron chi connectivity index (χ2n) is 5.28. The van der Waals surface area contributed by atoms with Crippen molar-refractivity contribution in [2.75, 3.05) is 23.7 Å². The average molecular weight is 353 g/mol. The predicted molar refractivity (Wildman–Crippen MR) is 96.1 cm³/mol. The van der Waals surface area contributed by atoms with Gasteiger partial charge in [0.05, 0.1) is 26.2 Å². The number of hydrogen-bond donors (Lipinski definition) is 1. The molecule has 0 spiro atoms. The van der Waals surface area contributed by atoms with Gasteiger partial charge in [-0.2, -0.15) is 0 Å². The minimum Gasteiger partial charge on any atom is -0.398 e. The summed E-state index contributed by atoms with van der Waals surface area (Å²) < 4.78 is 26.3. The van der Waals surface area contributed by atoms with Crippen molar-refractivity contribution >= 4 is 32.8 Å². The Kier molecular flexibility index (Phi) is 5.22. The highest BCUT2D eigenvalue weighted by atomic mass is 35.5. The summed E-state index contributed by atoms with van der Waals surface area (Å²) >= 11 is 6.00. The summed E-state index contributed by atoms with van der Waals surface area (Å²) in [7, 11) is -3.69. The molecular formula is C17H21ClN2O2S. The molecule has 2 aromatic carbocycles. The van der Waals surface area contributed by atoms with E-state index >= 15 is 0 Å². The van der Waals surface area contributed by atoms with E-state index in [1.54, 1.807) is 13.0 Å². The summed E-state index contributed by atoms with van der Waals surface area (Å²) in [4.78, 5) is 2.50. The zero-order valence-electron chi connectivity index (χ0n) is 13.5. The van der Waals surface area contributed by atoms with Crippen LogP contribution in [-0.2, 0) is 9.84 Å². The van der Waals surface area contributed by atoms with Gasteiger partial charge in [-0.15, -0.1) is 0 Å². The van der Waals surface area contributed by atoms with Gasteiger partial charge < -0.3 is 10.6 Å². The van der Waals surface area contributed by atoms with E-state index in [4.69, 9.17) is 17.3 Å². The summed E-state index contributed by atoms with van der Waals surface area (Å²) in [5.41, 5.74) is 7.47. The predicted octanol–water partition coefficient (Wildman–Crippen LogP) is 3.91. The maximum Gasteiger partial charge on any atom is 0.208 e. The largest absolute Gasteiger partial charge is 0.398 e. The lowest BCUT2D eigenvalue weighted by Crippen LogP contribution is -2.24. The van der Waals surface area contributed by atoms with Crippen LogP contribution in [0.3, 0.4) is 0 Å². The number of anilines is 2. The summed E-state index contributed by atoms with van der Waals surface area (Å²) in [5.74, 6) is 0. The normalized spacial score (nSPS) is 11.5. The number of benzene rings is 2. The SMILES string of the molecule is CCN(CC)c1cccc(C)c1S(=O)(=O)c1ccc(N)c(Cl)c1. The van der Waals surface area contributed by atoms with Crippen LogP contribution in [0.5, 0.6) is 0 Å². The smallest absolute Gasteiger partial charge is 0.208 e. The van der Waals surface area contributed by atoms with Gasteiger partial charge in [-0.1, -0.05) is 23.7 Å². The van der Waals surface area contributed by atoms with E-state index in [1.807, 2.05) is 30.9 Å². The molecule has 0 heterocycles. The summed E-state index contributed by atoms with van der Waals surface area (Å²) in [6.07, 6.45) is 0. The summed E-state index contributed by atoms with van der Waals surface area (Å²) in [5, 5.41) is 0.240. The lowest BCUT2D eigenvalue weighted by molar-refractivity contribution is 0.595. The van der Waals surface area contributed by atoms with E-state index in [1.165, 1.54) is 18.2 Å². The Bertz CT molecular complexity index is 815. The van der Waals surface area contributed by atoms with Gasteiger partial charge in [0.25, 0.3) is 0 Å². The monoisotopic (exact) mass is 352 g/mol.